The van der Waals surface area contributed by atoms with E-state index in [1.807, 2.05) is 18.2 Å². The Morgan fingerprint density at radius 3 is 2.19 bits per heavy atom. The lowest BCUT2D eigenvalue weighted by Crippen LogP contribution is -2.39. The van der Waals surface area contributed by atoms with Crippen molar-refractivity contribution in [3.05, 3.63) is 60.2 Å². The molecular weight excluding hydrogens is 332 g/mol. The highest BCUT2D eigenvalue weighted by molar-refractivity contribution is 5.96. The summed E-state index contributed by atoms with van der Waals surface area (Å²) in [7, 11) is 0. The van der Waals surface area contributed by atoms with E-state index in [4.69, 9.17) is 4.74 Å². The molecular formula is C20H22N2O4. The van der Waals surface area contributed by atoms with Crippen LogP contribution in [0.2, 0.25) is 0 Å². The molecule has 0 aliphatic rings. The number of anilines is 1. The molecule has 1 N–H and O–H groups in total. The molecule has 6 nitrogen and oxygen atoms in total. The van der Waals surface area contributed by atoms with Crippen LogP contribution >= 0.6 is 0 Å². The maximum Gasteiger partial charge on any atom is 0.258 e. The zero-order valence-electron chi connectivity index (χ0n) is 14.9. The average Bonchev–Trinajstić information content (AvgIpc) is 2.64. The molecule has 0 unspecified atom stereocenters. The third kappa shape index (κ3) is 5.73. The lowest BCUT2D eigenvalue weighted by Gasteiger charge is -2.21. The van der Waals surface area contributed by atoms with Crippen molar-refractivity contribution in [2.45, 2.75) is 13.8 Å². The number of nitrogens with one attached hydrogen (secondary N) is 1. The normalized spacial score (nSPS) is 10.1. The quantitative estimate of drug-likeness (QED) is 0.739. The van der Waals surface area contributed by atoms with Crippen molar-refractivity contribution in [1.29, 1.82) is 0 Å². The van der Waals surface area contributed by atoms with E-state index in [0.29, 0.717) is 30.1 Å². The van der Waals surface area contributed by atoms with Gasteiger partial charge >= 0.3 is 0 Å². The fourth-order valence-corrected chi connectivity index (χ4v) is 2.37. The zero-order valence-corrected chi connectivity index (χ0v) is 14.9. The van der Waals surface area contributed by atoms with E-state index in [1.165, 1.54) is 13.8 Å². The minimum atomic E-state index is -0.260. The fraction of sp³-hybridized carbons (Fsp3) is 0.250. The van der Waals surface area contributed by atoms with E-state index in [0.717, 1.165) is 0 Å². The Kier molecular flexibility index (Phi) is 6.91. The fourth-order valence-electron chi connectivity index (χ4n) is 2.37. The maximum absolute atomic E-state index is 11.9. The summed E-state index contributed by atoms with van der Waals surface area (Å²) < 4.78 is 5.37. The van der Waals surface area contributed by atoms with Crippen LogP contribution in [0, 0.1) is 0 Å². The second-order valence-electron chi connectivity index (χ2n) is 5.73. The molecule has 0 atom stereocenters. The highest BCUT2D eigenvalue weighted by Gasteiger charge is 2.12. The molecule has 0 radical (unpaired) electrons. The number of para-hydroxylation sites is 1. The number of Topliss-reactive ketones (excluding diaryl/α,β-unsaturated/α-hetero) is 1. The summed E-state index contributed by atoms with van der Waals surface area (Å²) in [6.45, 7) is 3.48. The second kappa shape index (κ2) is 9.36. The van der Waals surface area contributed by atoms with Gasteiger partial charge in [0, 0.05) is 31.3 Å². The summed E-state index contributed by atoms with van der Waals surface area (Å²) in [6.07, 6.45) is 0. The van der Waals surface area contributed by atoms with E-state index in [1.54, 1.807) is 41.3 Å². The highest BCUT2D eigenvalue weighted by Crippen LogP contribution is 2.15. The lowest BCUT2D eigenvalue weighted by molar-refractivity contribution is -0.123. The van der Waals surface area contributed by atoms with Gasteiger partial charge in [0.25, 0.3) is 5.91 Å². The first kappa shape index (κ1) is 19.2. The molecule has 2 aromatic rings. The summed E-state index contributed by atoms with van der Waals surface area (Å²) >= 11 is 0. The van der Waals surface area contributed by atoms with Crippen molar-refractivity contribution in [1.82, 2.24) is 5.32 Å². The first-order valence-corrected chi connectivity index (χ1v) is 8.31. The molecule has 2 aromatic carbocycles. The van der Waals surface area contributed by atoms with Crippen LogP contribution in [0.25, 0.3) is 0 Å². The van der Waals surface area contributed by atoms with Crippen LogP contribution in [-0.2, 0) is 9.59 Å². The van der Waals surface area contributed by atoms with Crippen LogP contribution in [0.4, 0.5) is 5.69 Å². The predicted molar refractivity (Wildman–Crippen MR) is 99.4 cm³/mol. The Morgan fingerprint density at radius 2 is 1.62 bits per heavy atom. The molecule has 2 amide bonds. The van der Waals surface area contributed by atoms with Gasteiger partial charge < -0.3 is 15.0 Å². The molecule has 0 saturated heterocycles. The smallest absolute Gasteiger partial charge is 0.258 e. The Balaban J connectivity index is 1.83. The van der Waals surface area contributed by atoms with E-state index >= 15 is 0 Å². The summed E-state index contributed by atoms with van der Waals surface area (Å²) in [5.41, 5.74) is 1.26. The summed E-state index contributed by atoms with van der Waals surface area (Å²) in [4.78, 5) is 36.6. The molecule has 136 valence electrons. The average molecular weight is 354 g/mol. The number of ether oxygens (including phenoxy) is 1. The number of hydrogen-bond acceptors (Lipinski definition) is 4. The van der Waals surface area contributed by atoms with Gasteiger partial charge in [-0.3, -0.25) is 14.4 Å². The first-order valence-electron chi connectivity index (χ1n) is 8.31. The standard InChI is InChI=1S/C20H22N2O4/c1-15(23)17-8-10-18(11-9-17)22(16(2)24)13-12-21-20(25)14-26-19-6-4-3-5-7-19/h3-11H,12-14H2,1-2H3,(H,21,25). The number of ketones is 1. The third-order valence-corrected chi connectivity index (χ3v) is 3.74. The predicted octanol–water partition coefficient (Wildman–Crippen LogP) is 2.44. The van der Waals surface area contributed by atoms with Crippen LogP contribution in [-0.4, -0.2) is 37.3 Å². The molecule has 2 rings (SSSR count). The van der Waals surface area contributed by atoms with E-state index < -0.39 is 0 Å². The SMILES string of the molecule is CC(=O)c1ccc(N(CCNC(=O)COc2ccccc2)C(C)=O)cc1. The van der Waals surface area contributed by atoms with Crippen molar-refractivity contribution in [3.63, 3.8) is 0 Å². The molecule has 0 saturated carbocycles. The van der Waals surface area contributed by atoms with Gasteiger partial charge in [-0.25, -0.2) is 0 Å². The summed E-state index contributed by atoms with van der Waals surface area (Å²) in [5, 5.41) is 2.73. The molecule has 0 aliphatic carbocycles. The molecule has 6 heteroatoms. The second-order valence-corrected chi connectivity index (χ2v) is 5.73. The number of nitrogens with zero attached hydrogens (tertiary/aromatic N) is 1. The number of carbonyl (C=O) groups excluding carboxylic acids is 3. The molecule has 0 bridgehead atoms. The van der Waals surface area contributed by atoms with Crippen LogP contribution in [0.1, 0.15) is 24.2 Å². The van der Waals surface area contributed by atoms with Crippen molar-refractivity contribution in [2.75, 3.05) is 24.6 Å². The molecule has 0 heterocycles. The zero-order chi connectivity index (χ0) is 18.9. The van der Waals surface area contributed by atoms with Crippen molar-refractivity contribution in [2.24, 2.45) is 0 Å². The van der Waals surface area contributed by atoms with Gasteiger partial charge in [-0.2, -0.15) is 0 Å². The number of benzene rings is 2. The van der Waals surface area contributed by atoms with Crippen LogP contribution in [0.3, 0.4) is 0 Å². The topological polar surface area (TPSA) is 75.7 Å². The largest absolute Gasteiger partial charge is 0.484 e. The van der Waals surface area contributed by atoms with Crippen molar-refractivity contribution in [3.8, 4) is 5.75 Å². The minimum Gasteiger partial charge on any atom is -0.484 e. The summed E-state index contributed by atoms with van der Waals surface area (Å²) in [6, 6.07) is 15.9. The van der Waals surface area contributed by atoms with Gasteiger partial charge in [0.2, 0.25) is 5.91 Å². The van der Waals surface area contributed by atoms with Gasteiger partial charge in [-0.15, -0.1) is 0 Å². The van der Waals surface area contributed by atoms with Crippen molar-refractivity contribution >= 4 is 23.3 Å². The highest BCUT2D eigenvalue weighted by atomic mass is 16.5. The Hall–Kier alpha value is -3.15. The van der Waals surface area contributed by atoms with E-state index in [-0.39, 0.29) is 24.2 Å². The molecule has 0 aliphatic heterocycles. The van der Waals surface area contributed by atoms with Gasteiger partial charge in [0.1, 0.15) is 5.75 Å². The number of hydrogen-bond donors (Lipinski definition) is 1. The summed E-state index contributed by atoms with van der Waals surface area (Å²) in [5.74, 6) is 0.190. The minimum absolute atomic E-state index is 0.0309. The van der Waals surface area contributed by atoms with Crippen molar-refractivity contribution < 1.29 is 19.1 Å². The van der Waals surface area contributed by atoms with Gasteiger partial charge in [0.05, 0.1) is 0 Å². The Morgan fingerprint density at radius 1 is 0.962 bits per heavy atom. The Labute approximate surface area is 152 Å². The first-order chi connectivity index (χ1) is 12.5. The van der Waals surface area contributed by atoms with Gasteiger partial charge in [0.15, 0.2) is 12.4 Å². The molecule has 0 aromatic heterocycles. The van der Waals surface area contributed by atoms with E-state index in [2.05, 4.69) is 5.32 Å². The molecule has 0 fully saturated rings. The monoisotopic (exact) mass is 354 g/mol. The van der Waals surface area contributed by atoms with Crippen LogP contribution in [0.5, 0.6) is 5.75 Å². The molecule has 0 spiro atoms. The number of amides is 2. The number of rotatable bonds is 8. The van der Waals surface area contributed by atoms with E-state index in [9.17, 15) is 14.4 Å². The van der Waals surface area contributed by atoms with Gasteiger partial charge in [-0.1, -0.05) is 18.2 Å². The Bertz CT molecular complexity index is 757. The van der Waals surface area contributed by atoms with Gasteiger partial charge in [-0.05, 0) is 43.3 Å². The maximum atomic E-state index is 11.9. The lowest BCUT2D eigenvalue weighted by atomic mass is 10.1. The number of carbonyl (C=O) groups is 3. The molecule has 26 heavy (non-hydrogen) atoms. The van der Waals surface area contributed by atoms with Crippen LogP contribution in [0.15, 0.2) is 54.6 Å². The third-order valence-electron chi connectivity index (χ3n) is 3.74. The van der Waals surface area contributed by atoms with Crippen LogP contribution < -0.4 is 15.0 Å².